The number of benzene rings is 1. The third-order valence-corrected chi connectivity index (χ3v) is 3.14. The molecule has 4 nitrogen and oxygen atoms in total. The topological polar surface area (TPSA) is 49.8 Å². The lowest BCUT2D eigenvalue weighted by Gasteiger charge is -2.07. The van der Waals surface area contributed by atoms with E-state index < -0.39 is 0 Å². The van der Waals surface area contributed by atoms with Crippen molar-refractivity contribution in [3.05, 3.63) is 51.4 Å². The summed E-state index contributed by atoms with van der Waals surface area (Å²) >= 11 is 0. The third kappa shape index (κ3) is 2.38. The Balaban J connectivity index is 2.44. The van der Waals surface area contributed by atoms with E-state index in [1.54, 1.807) is 0 Å². The van der Waals surface area contributed by atoms with Gasteiger partial charge in [0, 0.05) is 11.3 Å². The number of hydrogen-bond acceptors (Lipinski definition) is 2. The maximum absolute atomic E-state index is 11.9. The van der Waals surface area contributed by atoms with Crippen LogP contribution in [0.5, 0.6) is 0 Å². The normalized spacial score (nSPS) is 10.8. The lowest BCUT2D eigenvalue weighted by molar-refractivity contribution is 0.783. The second-order valence-corrected chi connectivity index (χ2v) is 4.53. The summed E-state index contributed by atoms with van der Waals surface area (Å²) in [6, 6.07) is 8.10. The first kappa shape index (κ1) is 12.6. The largest absolute Gasteiger partial charge is 0.319 e. The Morgan fingerprint density at radius 2 is 2.11 bits per heavy atom. The second kappa shape index (κ2) is 5.23. The molecule has 0 aliphatic heterocycles. The third-order valence-electron chi connectivity index (χ3n) is 3.14. The molecular formula is C14H19N3O. The van der Waals surface area contributed by atoms with Crippen LogP contribution in [0.1, 0.15) is 16.8 Å². The summed E-state index contributed by atoms with van der Waals surface area (Å²) in [4.78, 5) is 11.9. The summed E-state index contributed by atoms with van der Waals surface area (Å²) in [5.41, 5.74) is 4.02. The zero-order valence-corrected chi connectivity index (χ0v) is 11.1. The smallest absolute Gasteiger partial charge is 0.267 e. The van der Waals surface area contributed by atoms with Crippen molar-refractivity contribution in [3.8, 4) is 5.69 Å². The Labute approximate surface area is 107 Å². The van der Waals surface area contributed by atoms with Crippen molar-refractivity contribution in [2.45, 2.75) is 20.3 Å². The van der Waals surface area contributed by atoms with Crippen LogP contribution in [0.4, 0.5) is 0 Å². The minimum Gasteiger partial charge on any atom is -0.319 e. The molecule has 0 amide bonds. The maximum atomic E-state index is 11.9. The van der Waals surface area contributed by atoms with Gasteiger partial charge in [0.25, 0.3) is 5.56 Å². The fraction of sp³-hybridized carbons (Fsp3) is 0.357. The molecule has 0 aliphatic rings. The highest BCUT2D eigenvalue weighted by molar-refractivity contribution is 5.37. The van der Waals surface area contributed by atoms with Gasteiger partial charge >= 0.3 is 0 Å². The number of hydrogen-bond donors (Lipinski definition) is 2. The first-order chi connectivity index (χ1) is 8.63. The van der Waals surface area contributed by atoms with Gasteiger partial charge in [-0.25, -0.2) is 0 Å². The number of nitrogens with one attached hydrogen (secondary N) is 2. The van der Waals surface area contributed by atoms with Gasteiger partial charge in [-0.1, -0.05) is 12.1 Å². The molecule has 0 radical (unpaired) electrons. The van der Waals surface area contributed by atoms with Crippen LogP contribution >= 0.6 is 0 Å². The van der Waals surface area contributed by atoms with Crippen molar-refractivity contribution in [3.63, 3.8) is 0 Å². The molecule has 4 heteroatoms. The van der Waals surface area contributed by atoms with Gasteiger partial charge in [-0.3, -0.25) is 14.6 Å². The van der Waals surface area contributed by atoms with Gasteiger partial charge < -0.3 is 5.32 Å². The van der Waals surface area contributed by atoms with E-state index >= 15 is 0 Å². The van der Waals surface area contributed by atoms with Crippen LogP contribution in [0.25, 0.3) is 5.69 Å². The molecule has 1 heterocycles. The van der Waals surface area contributed by atoms with Crippen LogP contribution in [0, 0.1) is 13.8 Å². The van der Waals surface area contributed by atoms with Crippen molar-refractivity contribution in [2.24, 2.45) is 0 Å². The number of nitrogens with zero attached hydrogens (tertiary/aromatic N) is 1. The Kier molecular flexibility index (Phi) is 3.67. The van der Waals surface area contributed by atoms with Gasteiger partial charge in [-0.05, 0) is 51.6 Å². The fourth-order valence-corrected chi connectivity index (χ4v) is 2.12. The Hall–Kier alpha value is -1.81. The zero-order chi connectivity index (χ0) is 13.1. The van der Waals surface area contributed by atoms with E-state index in [-0.39, 0.29) is 5.56 Å². The predicted molar refractivity (Wildman–Crippen MR) is 73.5 cm³/mol. The van der Waals surface area contributed by atoms with Crippen LogP contribution in [0.2, 0.25) is 0 Å². The van der Waals surface area contributed by atoms with Crippen molar-refractivity contribution < 1.29 is 0 Å². The SMILES string of the molecule is CNCCc1c(C)n(-c2cccc(C)c2)[nH]c1=O. The highest BCUT2D eigenvalue weighted by atomic mass is 16.1. The summed E-state index contributed by atoms with van der Waals surface area (Å²) in [5.74, 6) is 0. The quantitative estimate of drug-likeness (QED) is 0.858. The van der Waals surface area contributed by atoms with Crippen molar-refractivity contribution in [1.29, 1.82) is 0 Å². The molecule has 1 aromatic heterocycles. The van der Waals surface area contributed by atoms with Crippen LogP contribution in [0.15, 0.2) is 29.1 Å². The lowest BCUT2D eigenvalue weighted by atomic mass is 10.2. The van der Waals surface area contributed by atoms with Gasteiger partial charge in [-0.15, -0.1) is 0 Å². The Bertz CT molecular complexity index is 595. The molecule has 0 saturated heterocycles. The molecule has 2 rings (SSSR count). The number of rotatable bonds is 4. The van der Waals surface area contributed by atoms with Gasteiger partial charge in [-0.2, -0.15) is 0 Å². The summed E-state index contributed by atoms with van der Waals surface area (Å²) in [6.45, 7) is 4.83. The highest BCUT2D eigenvalue weighted by Crippen LogP contribution is 2.13. The first-order valence-corrected chi connectivity index (χ1v) is 6.15. The van der Waals surface area contributed by atoms with Crippen molar-refractivity contribution in [2.75, 3.05) is 13.6 Å². The molecular weight excluding hydrogens is 226 g/mol. The van der Waals surface area contributed by atoms with E-state index in [1.807, 2.05) is 43.8 Å². The monoisotopic (exact) mass is 245 g/mol. The van der Waals surface area contributed by atoms with Crippen molar-refractivity contribution in [1.82, 2.24) is 15.1 Å². The molecule has 0 fully saturated rings. The standard InChI is InChI=1S/C14H19N3O/c1-10-5-4-6-12(9-10)17-11(2)13(7-8-15-3)14(18)16-17/h4-6,9,15H,7-8H2,1-3H3,(H,16,18). The van der Waals surface area contributed by atoms with Crippen LogP contribution in [-0.2, 0) is 6.42 Å². The Morgan fingerprint density at radius 3 is 2.78 bits per heavy atom. The average molecular weight is 245 g/mol. The Morgan fingerprint density at radius 1 is 1.33 bits per heavy atom. The number of H-pyrrole nitrogens is 1. The lowest BCUT2D eigenvalue weighted by Crippen LogP contribution is -2.15. The average Bonchev–Trinajstić information content (AvgIpc) is 2.63. The molecule has 0 aliphatic carbocycles. The predicted octanol–water partition coefficient (Wildman–Crippen LogP) is 1.54. The molecule has 0 saturated carbocycles. The number of aromatic nitrogens is 2. The van der Waals surface area contributed by atoms with Gasteiger partial charge in [0.2, 0.25) is 0 Å². The van der Waals surface area contributed by atoms with E-state index in [0.717, 1.165) is 29.9 Å². The maximum Gasteiger partial charge on any atom is 0.267 e. The zero-order valence-electron chi connectivity index (χ0n) is 11.1. The molecule has 2 aromatic rings. The van der Waals surface area contributed by atoms with Gasteiger partial charge in [0.05, 0.1) is 5.69 Å². The minimum absolute atomic E-state index is 0.00394. The summed E-state index contributed by atoms with van der Waals surface area (Å²) in [7, 11) is 1.89. The summed E-state index contributed by atoms with van der Waals surface area (Å²) in [5, 5.41) is 5.97. The number of aromatic amines is 1. The molecule has 0 spiro atoms. The highest BCUT2D eigenvalue weighted by Gasteiger charge is 2.11. The van der Waals surface area contributed by atoms with Crippen molar-refractivity contribution >= 4 is 0 Å². The molecule has 1 aromatic carbocycles. The second-order valence-electron chi connectivity index (χ2n) is 4.53. The van der Waals surface area contributed by atoms with E-state index in [4.69, 9.17) is 0 Å². The van der Waals surface area contributed by atoms with E-state index in [9.17, 15) is 4.79 Å². The molecule has 96 valence electrons. The molecule has 18 heavy (non-hydrogen) atoms. The van der Waals surface area contributed by atoms with E-state index in [1.165, 1.54) is 5.56 Å². The van der Waals surface area contributed by atoms with Gasteiger partial charge in [0.1, 0.15) is 0 Å². The number of aryl methyl sites for hydroxylation is 1. The van der Waals surface area contributed by atoms with Gasteiger partial charge in [0.15, 0.2) is 0 Å². The fourth-order valence-electron chi connectivity index (χ4n) is 2.12. The van der Waals surface area contributed by atoms with E-state index in [0.29, 0.717) is 0 Å². The van der Waals surface area contributed by atoms with Crippen LogP contribution in [-0.4, -0.2) is 23.4 Å². The van der Waals surface area contributed by atoms with Crippen LogP contribution < -0.4 is 10.9 Å². The first-order valence-electron chi connectivity index (χ1n) is 6.15. The molecule has 0 unspecified atom stereocenters. The number of likely N-dealkylation sites (N-methyl/N-ethyl adjacent to an activating group) is 1. The molecule has 0 bridgehead atoms. The summed E-state index contributed by atoms with van der Waals surface area (Å²) < 4.78 is 1.86. The molecule has 0 atom stereocenters. The molecule has 2 N–H and O–H groups in total. The van der Waals surface area contributed by atoms with E-state index in [2.05, 4.69) is 16.5 Å². The minimum atomic E-state index is 0.00394. The van der Waals surface area contributed by atoms with Crippen LogP contribution in [0.3, 0.4) is 0 Å². The summed E-state index contributed by atoms with van der Waals surface area (Å²) in [6.07, 6.45) is 0.747.